The largest absolute Gasteiger partial charge is 0.351 e. The first-order valence-electron chi connectivity index (χ1n) is 5.21. The molecule has 1 saturated heterocycles. The third-order valence-electron chi connectivity index (χ3n) is 2.81. The van der Waals surface area contributed by atoms with E-state index in [1.807, 2.05) is 13.2 Å². The molecule has 1 aliphatic rings. The quantitative estimate of drug-likeness (QED) is 0.798. The molecule has 3 nitrogen and oxygen atoms in total. The number of halogens is 1. The number of carbonyl (C=O) groups is 1. The summed E-state index contributed by atoms with van der Waals surface area (Å²) in [6, 6.07) is 0.715. The summed E-state index contributed by atoms with van der Waals surface area (Å²) in [5, 5.41) is 6.53. The van der Waals surface area contributed by atoms with Gasteiger partial charge in [0.15, 0.2) is 0 Å². The van der Waals surface area contributed by atoms with Crippen LogP contribution in [0.3, 0.4) is 0 Å². The lowest BCUT2D eigenvalue weighted by Crippen LogP contribution is -2.53. The summed E-state index contributed by atoms with van der Waals surface area (Å²) in [5.74, 6) is 0.165. The summed E-state index contributed by atoms with van der Waals surface area (Å²) < 4.78 is 0. The average Bonchev–Trinajstić information content (AvgIpc) is 2.20. The molecular formula is C10H21ClN2OS. The summed E-state index contributed by atoms with van der Waals surface area (Å²) in [4.78, 5) is 11.6. The van der Waals surface area contributed by atoms with Gasteiger partial charge in [-0.05, 0) is 39.5 Å². The third kappa shape index (κ3) is 4.62. The van der Waals surface area contributed by atoms with Crippen LogP contribution in [0.15, 0.2) is 0 Å². The van der Waals surface area contributed by atoms with Crippen molar-refractivity contribution in [2.45, 2.75) is 44.0 Å². The van der Waals surface area contributed by atoms with Crippen molar-refractivity contribution in [1.82, 2.24) is 10.6 Å². The predicted molar refractivity (Wildman–Crippen MR) is 68.9 cm³/mol. The minimum atomic E-state index is 0. The molecule has 1 rings (SSSR count). The van der Waals surface area contributed by atoms with Gasteiger partial charge in [-0.1, -0.05) is 0 Å². The molecule has 1 aliphatic heterocycles. The monoisotopic (exact) mass is 252 g/mol. The maximum absolute atomic E-state index is 11.6. The summed E-state index contributed by atoms with van der Waals surface area (Å²) in [6.07, 6.45) is 4.22. The Morgan fingerprint density at radius 2 is 2.27 bits per heavy atom. The Kier molecular flexibility index (Phi) is 7.40. The highest BCUT2D eigenvalue weighted by atomic mass is 35.5. The Labute approximate surface area is 103 Å². The van der Waals surface area contributed by atoms with Crippen LogP contribution < -0.4 is 10.6 Å². The van der Waals surface area contributed by atoms with E-state index in [2.05, 4.69) is 17.6 Å². The summed E-state index contributed by atoms with van der Waals surface area (Å²) in [5.41, 5.74) is 0. The van der Waals surface area contributed by atoms with Crippen LogP contribution in [-0.4, -0.2) is 36.0 Å². The van der Waals surface area contributed by atoms with Gasteiger partial charge in [-0.3, -0.25) is 4.79 Å². The van der Waals surface area contributed by atoms with Crippen LogP contribution in [0.4, 0.5) is 0 Å². The fraction of sp³-hybridized carbons (Fsp3) is 0.900. The Morgan fingerprint density at radius 1 is 1.60 bits per heavy atom. The standard InChI is InChI=1S/C10H20N2OS.ClH/c1-7-9(5-4-6-11-7)12-10(13)8(2)14-3;/h7-9,11H,4-6H2,1-3H3,(H,12,13);1H. The lowest BCUT2D eigenvalue weighted by molar-refractivity contribution is -0.121. The molecule has 0 saturated carbocycles. The average molecular weight is 253 g/mol. The summed E-state index contributed by atoms with van der Waals surface area (Å²) in [7, 11) is 0. The molecule has 3 atom stereocenters. The topological polar surface area (TPSA) is 41.1 Å². The van der Waals surface area contributed by atoms with Crippen molar-refractivity contribution in [3.8, 4) is 0 Å². The fourth-order valence-electron chi connectivity index (χ4n) is 1.65. The van der Waals surface area contributed by atoms with Crippen molar-refractivity contribution in [3.63, 3.8) is 0 Å². The van der Waals surface area contributed by atoms with Crippen LogP contribution in [0, 0.1) is 0 Å². The molecule has 0 spiro atoms. The molecule has 15 heavy (non-hydrogen) atoms. The number of amides is 1. The van der Waals surface area contributed by atoms with Gasteiger partial charge in [-0.2, -0.15) is 11.8 Å². The summed E-state index contributed by atoms with van der Waals surface area (Å²) in [6.45, 7) is 5.15. The van der Waals surface area contributed by atoms with E-state index in [0.717, 1.165) is 19.4 Å². The zero-order valence-corrected chi connectivity index (χ0v) is 11.2. The second-order valence-electron chi connectivity index (χ2n) is 3.88. The second-order valence-corrected chi connectivity index (χ2v) is 5.06. The van der Waals surface area contributed by atoms with Crippen LogP contribution in [0.2, 0.25) is 0 Å². The number of hydrogen-bond donors (Lipinski definition) is 2. The predicted octanol–water partition coefficient (Wildman–Crippen LogP) is 1.42. The fourth-order valence-corrected chi connectivity index (χ4v) is 1.93. The van der Waals surface area contributed by atoms with E-state index in [-0.39, 0.29) is 23.6 Å². The molecule has 3 unspecified atom stereocenters. The van der Waals surface area contributed by atoms with Gasteiger partial charge < -0.3 is 10.6 Å². The van der Waals surface area contributed by atoms with Gasteiger partial charge in [0, 0.05) is 12.1 Å². The molecule has 0 radical (unpaired) electrons. The highest BCUT2D eigenvalue weighted by Crippen LogP contribution is 2.10. The van der Waals surface area contributed by atoms with Gasteiger partial charge in [-0.15, -0.1) is 12.4 Å². The maximum Gasteiger partial charge on any atom is 0.233 e. The first-order chi connectivity index (χ1) is 6.65. The molecular weight excluding hydrogens is 232 g/mol. The van der Waals surface area contributed by atoms with Crippen LogP contribution in [0.5, 0.6) is 0 Å². The number of thioether (sulfide) groups is 1. The molecule has 1 amide bonds. The van der Waals surface area contributed by atoms with E-state index >= 15 is 0 Å². The number of carbonyl (C=O) groups excluding carboxylic acids is 1. The number of hydrogen-bond acceptors (Lipinski definition) is 3. The Bertz CT molecular complexity index is 204. The first-order valence-corrected chi connectivity index (χ1v) is 6.50. The van der Waals surface area contributed by atoms with Crippen molar-refractivity contribution < 1.29 is 4.79 Å². The van der Waals surface area contributed by atoms with Crippen molar-refractivity contribution in [2.24, 2.45) is 0 Å². The van der Waals surface area contributed by atoms with Gasteiger partial charge in [0.1, 0.15) is 0 Å². The molecule has 1 fully saturated rings. The minimum absolute atomic E-state index is 0. The van der Waals surface area contributed by atoms with E-state index in [9.17, 15) is 4.79 Å². The molecule has 0 aromatic heterocycles. The maximum atomic E-state index is 11.6. The van der Waals surface area contributed by atoms with E-state index < -0.39 is 0 Å². The van der Waals surface area contributed by atoms with E-state index in [4.69, 9.17) is 0 Å². The molecule has 0 aromatic carbocycles. The molecule has 5 heteroatoms. The Balaban J connectivity index is 0.00000196. The normalized spacial score (nSPS) is 27.7. The third-order valence-corrected chi connectivity index (χ3v) is 3.73. The van der Waals surface area contributed by atoms with Crippen molar-refractivity contribution in [1.29, 1.82) is 0 Å². The van der Waals surface area contributed by atoms with Crippen LogP contribution in [0.1, 0.15) is 26.7 Å². The molecule has 0 aliphatic carbocycles. The van der Waals surface area contributed by atoms with Gasteiger partial charge in [0.05, 0.1) is 5.25 Å². The molecule has 2 N–H and O–H groups in total. The van der Waals surface area contributed by atoms with Crippen LogP contribution in [0.25, 0.3) is 0 Å². The second kappa shape index (κ2) is 7.36. The zero-order chi connectivity index (χ0) is 10.6. The highest BCUT2D eigenvalue weighted by Gasteiger charge is 2.23. The van der Waals surface area contributed by atoms with Crippen LogP contribution >= 0.6 is 24.2 Å². The van der Waals surface area contributed by atoms with Gasteiger partial charge in [0.25, 0.3) is 0 Å². The van der Waals surface area contributed by atoms with Crippen molar-refractivity contribution in [2.75, 3.05) is 12.8 Å². The highest BCUT2D eigenvalue weighted by molar-refractivity contribution is 7.99. The van der Waals surface area contributed by atoms with E-state index in [1.54, 1.807) is 11.8 Å². The molecule has 0 bridgehead atoms. The van der Waals surface area contributed by atoms with Crippen molar-refractivity contribution in [3.05, 3.63) is 0 Å². The number of piperidine rings is 1. The first kappa shape index (κ1) is 15.1. The van der Waals surface area contributed by atoms with Crippen LogP contribution in [-0.2, 0) is 4.79 Å². The minimum Gasteiger partial charge on any atom is -0.351 e. The van der Waals surface area contributed by atoms with Crippen molar-refractivity contribution >= 4 is 30.1 Å². The van der Waals surface area contributed by atoms with Gasteiger partial charge in [0.2, 0.25) is 5.91 Å². The number of nitrogens with one attached hydrogen (secondary N) is 2. The Morgan fingerprint density at radius 3 is 2.80 bits per heavy atom. The Hall–Kier alpha value is 0.0700. The molecule has 1 heterocycles. The van der Waals surface area contributed by atoms with Gasteiger partial charge in [-0.25, -0.2) is 0 Å². The zero-order valence-electron chi connectivity index (χ0n) is 9.58. The summed E-state index contributed by atoms with van der Waals surface area (Å²) >= 11 is 1.59. The van der Waals surface area contributed by atoms with E-state index in [0.29, 0.717) is 12.1 Å². The van der Waals surface area contributed by atoms with E-state index in [1.165, 1.54) is 0 Å². The molecule has 90 valence electrons. The lowest BCUT2D eigenvalue weighted by atomic mass is 10.00. The molecule has 0 aromatic rings. The number of rotatable bonds is 3. The van der Waals surface area contributed by atoms with Gasteiger partial charge >= 0.3 is 0 Å². The smallest absolute Gasteiger partial charge is 0.233 e. The SMILES string of the molecule is CSC(C)C(=O)NC1CCCNC1C.Cl. The lowest BCUT2D eigenvalue weighted by Gasteiger charge is -2.31.